The van der Waals surface area contributed by atoms with Crippen LogP contribution in [-0.4, -0.2) is 113 Å². The first-order chi connectivity index (χ1) is 34.8. The molecule has 4 amide bonds. The molecule has 25 nitrogen and oxygen atoms in total. The van der Waals surface area contributed by atoms with Crippen LogP contribution in [-0.2, 0) is 46.5 Å². The largest absolute Gasteiger partial charge is 0.480 e. The molecule has 0 aromatic heterocycles. The van der Waals surface area contributed by atoms with Crippen molar-refractivity contribution in [2.75, 3.05) is 31.6 Å². The number of halogens is 1. The molecule has 2 aromatic carbocycles. The fourth-order valence-electron chi connectivity index (χ4n) is 5.88. The Morgan fingerprint density at radius 1 is 0.689 bits per heavy atom. The first-order valence-electron chi connectivity index (χ1n) is 23.3. The number of azide groups is 2. The van der Waals surface area contributed by atoms with E-state index in [0.717, 1.165) is 6.54 Å². The van der Waals surface area contributed by atoms with Gasteiger partial charge in [0, 0.05) is 46.4 Å². The highest BCUT2D eigenvalue weighted by molar-refractivity contribution is 9.09. The van der Waals surface area contributed by atoms with Gasteiger partial charge in [-0.15, -0.1) is 0 Å². The number of alkyl carbamates (subject to hydrolysis) is 4. The van der Waals surface area contributed by atoms with Crippen LogP contribution in [0.2, 0.25) is 0 Å². The van der Waals surface area contributed by atoms with E-state index in [0.29, 0.717) is 46.3 Å². The number of carboxylic acid groups (broad SMARTS) is 1. The third kappa shape index (κ3) is 35.6. The summed E-state index contributed by atoms with van der Waals surface area (Å²) in [7, 11) is 0. The lowest BCUT2D eigenvalue weighted by Crippen LogP contribution is -2.44. The van der Waals surface area contributed by atoms with E-state index in [-0.39, 0.29) is 45.6 Å². The van der Waals surface area contributed by atoms with E-state index < -0.39 is 66.2 Å². The lowest BCUT2D eigenvalue weighted by atomic mass is 10.1. The van der Waals surface area contributed by atoms with Crippen molar-refractivity contribution >= 4 is 63.6 Å². The molecule has 0 saturated carbocycles. The van der Waals surface area contributed by atoms with Crippen LogP contribution in [0, 0.1) is 22.7 Å². The quantitative estimate of drug-likeness (QED) is 0.0139. The van der Waals surface area contributed by atoms with E-state index in [1.54, 1.807) is 96.1 Å². The summed E-state index contributed by atoms with van der Waals surface area (Å²) in [5, 5.41) is 42.5. The molecule has 0 radical (unpaired) electrons. The van der Waals surface area contributed by atoms with Crippen LogP contribution in [0.4, 0.5) is 30.6 Å². The van der Waals surface area contributed by atoms with Crippen molar-refractivity contribution in [2.45, 2.75) is 150 Å². The lowest BCUT2D eigenvalue weighted by Gasteiger charge is -2.28. The molecule has 2 aromatic rings. The van der Waals surface area contributed by atoms with E-state index in [2.05, 4.69) is 96.8 Å². The topological polar surface area (TPSA) is 365 Å². The van der Waals surface area contributed by atoms with Gasteiger partial charge in [-0.25, -0.2) is 28.8 Å². The summed E-state index contributed by atoms with van der Waals surface area (Å²) in [6.07, 6.45) is -2.22. The number of alkyl halides is 1. The molecule has 0 spiro atoms. The van der Waals surface area contributed by atoms with Crippen molar-refractivity contribution in [1.82, 2.24) is 26.2 Å². The smallest absolute Gasteiger partial charge is 0.408 e. The number of hydrogen-bond acceptors (Lipinski definition) is 16. The predicted molar refractivity (Wildman–Crippen MR) is 278 cm³/mol. The molecule has 5 N–H and O–H groups in total. The molecule has 0 fully saturated rings. The second-order valence-electron chi connectivity index (χ2n) is 17.7. The number of carbonyl (C=O) groups is 6. The van der Waals surface area contributed by atoms with Crippen molar-refractivity contribution in [3.8, 4) is 12.1 Å². The van der Waals surface area contributed by atoms with Gasteiger partial charge in [-0.2, -0.15) is 10.5 Å². The van der Waals surface area contributed by atoms with Gasteiger partial charge in [-0.05, 0) is 124 Å². The van der Waals surface area contributed by atoms with Crippen molar-refractivity contribution in [3.63, 3.8) is 0 Å². The van der Waals surface area contributed by atoms with Crippen molar-refractivity contribution in [2.24, 2.45) is 10.2 Å². The third-order valence-electron chi connectivity index (χ3n) is 8.88. The standard InChI is InChI=1S/C20H26N6O6.C18H25N5O6.C8H19N.C2H2BrN/c1-20(2,3)32-19(29)24-16(17(27)30-12-10-21)9-6-11-23-18(28)31-13-14-7-4-5-8-15(14)25-26-22;1-18(2,3)29-17(27)21-14(15(24)25)9-6-10-20-16(26)28-11-12-7-4-5-8-13(12)22-23-19;1-6-9(7(2)3)8(4)5;3-1-2-4/h4-5,7-8,16H,6,9,11-13H2,1-3H3,(H,23,28)(H,24,29);4-5,7-8,14H,6,9-11H2,1-3H3,(H,20,26)(H,21,27)(H,24,25);7-8H,6H2,1-5H3;1H2/t16-;14-;;/m00../s1. The summed E-state index contributed by atoms with van der Waals surface area (Å²) in [6, 6.07) is 16.1. The normalized spacial score (nSPS) is 11.1. The number of ether oxygens (including phenoxy) is 5. The second-order valence-corrected chi connectivity index (χ2v) is 18.3. The van der Waals surface area contributed by atoms with E-state index >= 15 is 0 Å². The lowest BCUT2D eigenvalue weighted by molar-refractivity contribution is -0.145. The Morgan fingerprint density at radius 3 is 1.41 bits per heavy atom. The summed E-state index contributed by atoms with van der Waals surface area (Å²) >= 11 is 2.89. The van der Waals surface area contributed by atoms with E-state index in [9.17, 15) is 33.9 Å². The molecule has 26 heteroatoms. The molecule has 2 atom stereocenters. The first-order valence-corrected chi connectivity index (χ1v) is 24.4. The Hall–Kier alpha value is -7.50. The fourth-order valence-corrected chi connectivity index (χ4v) is 5.88. The Balaban J connectivity index is 0. The Bertz CT molecular complexity index is 2220. The molecule has 0 unspecified atom stereocenters. The molecular weight excluding hydrogens is 1030 g/mol. The highest BCUT2D eigenvalue weighted by atomic mass is 79.9. The Labute approximate surface area is 441 Å². The molecule has 0 saturated heterocycles. The molecule has 0 aliphatic carbocycles. The number of benzene rings is 2. The minimum atomic E-state index is -1.20. The molecule has 0 aliphatic rings. The number of nitriles is 2. The Kier molecular flexibility index (Phi) is 36.2. The van der Waals surface area contributed by atoms with Gasteiger partial charge >= 0.3 is 36.3 Å². The highest BCUT2D eigenvalue weighted by Crippen LogP contribution is 2.21. The summed E-state index contributed by atoms with van der Waals surface area (Å²) in [5.74, 6) is -1.98. The predicted octanol–water partition coefficient (Wildman–Crippen LogP) is 10.2. The summed E-state index contributed by atoms with van der Waals surface area (Å²) in [6.45, 7) is 22.0. The summed E-state index contributed by atoms with van der Waals surface area (Å²) in [4.78, 5) is 78.5. The van der Waals surface area contributed by atoms with Crippen LogP contribution in [0.25, 0.3) is 20.9 Å². The maximum Gasteiger partial charge on any atom is 0.408 e. The number of esters is 1. The molecular formula is C48H72BrN13O12. The fraction of sp³-hybridized carbons (Fsp3) is 0.583. The van der Waals surface area contributed by atoms with Gasteiger partial charge in [0.05, 0.1) is 11.4 Å². The molecule has 2 rings (SSSR count). The number of carbonyl (C=O) groups excluding carboxylic acids is 5. The number of carboxylic acids is 1. The molecule has 74 heavy (non-hydrogen) atoms. The number of nitrogens with one attached hydrogen (secondary N) is 4. The van der Waals surface area contributed by atoms with Gasteiger partial charge in [0.1, 0.15) is 42.6 Å². The van der Waals surface area contributed by atoms with Crippen LogP contribution in [0.5, 0.6) is 0 Å². The van der Waals surface area contributed by atoms with E-state index in [1.807, 2.05) is 6.07 Å². The molecule has 0 aliphatic heterocycles. The maximum absolute atomic E-state index is 12.1. The Morgan fingerprint density at radius 2 is 1.08 bits per heavy atom. The number of nitrogens with zero attached hydrogens (tertiary/aromatic N) is 9. The van der Waals surface area contributed by atoms with Gasteiger partial charge in [0.15, 0.2) is 6.61 Å². The minimum Gasteiger partial charge on any atom is -0.480 e. The zero-order valence-electron chi connectivity index (χ0n) is 44.0. The minimum absolute atomic E-state index is 0.0843. The monoisotopic (exact) mass is 1100 g/mol. The molecule has 0 heterocycles. The average molecular weight is 1100 g/mol. The van der Waals surface area contributed by atoms with Crippen LogP contribution < -0.4 is 21.3 Å². The molecule has 0 bridgehead atoms. The van der Waals surface area contributed by atoms with Gasteiger partial charge in [0.25, 0.3) is 0 Å². The zero-order chi connectivity index (χ0) is 56.7. The van der Waals surface area contributed by atoms with Gasteiger partial charge in [-0.3, -0.25) is 4.90 Å². The maximum atomic E-state index is 12.1. The van der Waals surface area contributed by atoms with E-state index in [4.69, 9.17) is 45.3 Å². The molecule has 408 valence electrons. The van der Waals surface area contributed by atoms with Crippen molar-refractivity contribution in [3.05, 3.63) is 80.5 Å². The van der Waals surface area contributed by atoms with Crippen LogP contribution in [0.1, 0.15) is 113 Å². The highest BCUT2D eigenvalue weighted by Gasteiger charge is 2.26. The van der Waals surface area contributed by atoms with Gasteiger partial charge < -0.3 is 50.1 Å². The summed E-state index contributed by atoms with van der Waals surface area (Å²) < 4.78 is 25.1. The van der Waals surface area contributed by atoms with Crippen LogP contribution >= 0.6 is 15.9 Å². The summed E-state index contributed by atoms with van der Waals surface area (Å²) in [5.41, 5.74) is 17.4. The zero-order valence-corrected chi connectivity index (χ0v) is 45.6. The van der Waals surface area contributed by atoms with Crippen molar-refractivity contribution < 1.29 is 57.6 Å². The van der Waals surface area contributed by atoms with Crippen LogP contribution in [0.3, 0.4) is 0 Å². The third-order valence-corrected chi connectivity index (χ3v) is 9.13. The number of hydrogen-bond donors (Lipinski definition) is 5. The van der Waals surface area contributed by atoms with Gasteiger partial charge in [-0.1, -0.05) is 81.6 Å². The number of rotatable bonds is 22. The number of aliphatic carboxylic acids is 1. The average Bonchev–Trinajstić information content (AvgIpc) is 3.31. The van der Waals surface area contributed by atoms with Crippen molar-refractivity contribution in [1.29, 1.82) is 10.5 Å². The van der Waals surface area contributed by atoms with E-state index in [1.165, 1.54) is 0 Å². The van der Waals surface area contributed by atoms with Gasteiger partial charge in [0.2, 0.25) is 0 Å². The van der Waals surface area contributed by atoms with Crippen LogP contribution in [0.15, 0.2) is 58.8 Å². The second kappa shape index (κ2) is 39.1. The number of amides is 4. The SMILES string of the molecule is CC(C)(C)OC(=O)N[C@@H](CCCNC(=O)OCc1ccccc1N=[N+]=[N-])C(=O)O.CC(C)(C)OC(=O)N[C@@H](CCCNC(=O)OCc1ccccc1N=[N+]=[N-])C(=O)OCC#N.CCN(C(C)C)C(C)C.N#CCBr. The first kappa shape index (κ1) is 68.6.